The van der Waals surface area contributed by atoms with Crippen LogP contribution in [-0.2, 0) is 12.9 Å². The molecule has 0 atom stereocenters. The molecule has 8 nitrogen and oxygen atoms in total. The van der Waals surface area contributed by atoms with Crippen LogP contribution in [0.15, 0.2) is 60.8 Å². The van der Waals surface area contributed by atoms with Gasteiger partial charge in [-0.2, -0.15) is 18.3 Å². The number of aromatic nitrogens is 3. The molecule has 3 N–H and O–H groups in total. The molecule has 3 aromatic heterocycles. The number of nitrogens with zero attached hydrogens (tertiary/aromatic N) is 3. The summed E-state index contributed by atoms with van der Waals surface area (Å²) in [5.74, 6) is -1.94. The van der Waals surface area contributed by atoms with Gasteiger partial charge in [-0.1, -0.05) is 29.8 Å². The van der Waals surface area contributed by atoms with Crippen molar-refractivity contribution in [1.29, 1.82) is 0 Å². The second-order valence-electron chi connectivity index (χ2n) is 8.81. The summed E-state index contributed by atoms with van der Waals surface area (Å²) in [6.07, 6.45) is -3.35. The lowest BCUT2D eigenvalue weighted by atomic mass is 10.0. The lowest BCUT2D eigenvalue weighted by Gasteiger charge is -2.12. The highest BCUT2D eigenvalue weighted by Gasteiger charge is 2.35. The van der Waals surface area contributed by atoms with Crippen LogP contribution in [0, 0.1) is 12.7 Å². The molecular formula is C27H18ClF4N5O3S. The molecule has 0 bridgehead atoms. The molecule has 14 heteroatoms. The molecule has 0 spiro atoms. The number of thiophene rings is 1. The van der Waals surface area contributed by atoms with E-state index in [1.807, 2.05) is 13.0 Å². The van der Waals surface area contributed by atoms with Crippen LogP contribution in [0.5, 0.6) is 5.75 Å². The molecule has 0 saturated heterocycles. The van der Waals surface area contributed by atoms with Crippen LogP contribution in [0.1, 0.15) is 31.4 Å². The smallest absolute Gasteiger partial charge is 0.433 e. The topological polar surface area (TPSA) is 112 Å². The molecule has 0 aliphatic rings. The van der Waals surface area contributed by atoms with Gasteiger partial charge in [-0.15, -0.1) is 11.3 Å². The molecule has 210 valence electrons. The van der Waals surface area contributed by atoms with Crippen LogP contribution in [0.2, 0.25) is 5.02 Å². The van der Waals surface area contributed by atoms with E-state index >= 15 is 0 Å². The fourth-order valence-electron chi connectivity index (χ4n) is 3.98. The third-order valence-electron chi connectivity index (χ3n) is 5.88. The van der Waals surface area contributed by atoms with Gasteiger partial charge in [0.25, 0.3) is 11.8 Å². The van der Waals surface area contributed by atoms with E-state index in [9.17, 15) is 27.2 Å². The van der Waals surface area contributed by atoms with Crippen LogP contribution >= 0.6 is 22.9 Å². The molecular weight excluding hydrogens is 586 g/mol. The van der Waals surface area contributed by atoms with Gasteiger partial charge in [-0.25, -0.2) is 14.1 Å². The van der Waals surface area contributed by atoms with Gasteiger partial charge in [0.1, 0.15) is 27.0 Å². The second kappa shape index (κ2) is 10.8. The first-order chi connectivity index (χ1) is 19.4. The van der Waals surface area contributed by atoms with Crippen molar-refractivity contribution in [3.63, 3.8) is 0 Å². The Kier molecular flexibility index (Phi) is 7.41. The number of benzene rings is 2. The zero-order chi connectivity index (χ0) is 29.5. The van der Waals surface area contributed by atoms with Gasteiger partial charge in [0.2, 0.25) is 0 Å². The zero-order valence-electron chi connectivity index (χ0n) is 20.9. The normalized spacial score (nSPS) is 11.6. The molecule has 0 fully saturated rings. The number of hydrogen-bond donors (Lipinski definition) is 2. The number of halogens is 5. The Morgan fingerprint density at radius 2 is 1.85 bits per heavy atom. The van der Waals surface area contributed by atoms with E-state index in [1.165, 1.54) is 29.1 Å². The van der Waals surface area contributed by atoms with Crippen molar-refractivity contribution < 1.29 is 31.9 Å². The van der Waals surface area contributed by atoms with E-state index in [1.54, 1.807) is 12.1 Å². The van der Waals surface area contributed by atoms with Crippen molar-refractivity contribution in [2.75, 3.05) is 5.32 Å². The number of carbonyl (C=O) groups is 2. The highest BCUT2D eigenvalue weighted by atomic mass is 35.5. The number of hydrogen-bond acceptors (Lipinski definition) is 6. The molecule has 0 radical (unpaired) electrons. The number of nitrogens with one attached hydrogen (secondary N) is 1. The first-order valence-electron chi connectivity index (χ1n) is 11.7. The number of primary amides is 1. The van der Waals surface area contributed by atoms with Gasteiger partial charge in [0.05, 0.1) is 10.7 Å². The number of anilines is 1. The van der Waals surface area contributed by atoms with Crippen molar-refractivity contribution in [3.8, 4) is 16.9 Å². The van der Waals surface area contributed by atoms with E-state index < -0.39 is 29.5 Å². The minimum Gasteiger partial charge on any atom is -0.470 e. The van der Waals surface area contributed by atoms with Crippen molar-refractivity contribution in [1.82, 2.24) is 14.8 Å². The largest absolute Gasteiger partial charge is 0.470 e. The number of ether oxygens (including phenoxy) is 1. The summed E-state index contributed by atoms with van der Waals surface area (Å²) in [5, 5.41) is 7.15. The molecule has 5 aromatic rings. The summed E-state index contributed by atoms with van der Waals surface area (Å²) < 4.78 is 61.6. The maximum Gasteiger partial charge on any atom is 0.433 e. The highest BCUT2D eigenvalue weighted by Crippen LogP contribution is 2.43. The first kappa shape index (κ1) is 28.1. The Bertz CT molecular complexity index is 1800. The second-order valence-corrected chi connectivity index (χ2v) is 10.2. The zero-order valence-corrected chi connectivity index (χ0v) is 22.5. The average molecular weight is 604 g/mol. The molecule has 41 heavy (non-hydrogen) atoms. The lowest BCUT2D eigenvalue weighted by Crippen LogP contribution is -2.18. The van der Waals surface area contributed by atoms with Crippen LogP contribution in [-0.4, -0.2) is 26.6 Å². The molecule has 2 amide bonds. The summed E-state index contributed by atoms with van der Waals surface area (Å²) in [6.45, 7) is 1.79. The number of fused-ring (bicyclic) bond motifs is 1. The SMILES string of the molecule is Cc1ccc(Cl)c(OCn2ccc(C(=O)Nc3c(C(N)=O)sc4nc(C(F)(F)F)cc(-c5ccc(F)cc5)c34)n2)c1. The molecule has 5 rings (SSSR count). The predicted octanol–water partition coefficient (Wildman–Crippen LogP) is 6.67. The molecule has 0 saturated carbocycles. The molecule has 2 aromatic carbocycles. The summed E-state index contributed by atoms with van der Waals surface area (Å²) in [6, 6.07) is 12.1. The van der Waals surface area contributed by atoms with Crippen molar-refractivity contribution >= 4 is 50.7 Å². The van der Waals surface area contributed by atoms with Gasteiger partial charge < -0.3 is 15.8 Å². The summed E-state index contributed by atoms with van der Waals surface area (Å²) in [5.41, 5.74) is 5.16. The predicted molar refractivity (Wildman–Crippen MR) is 146 cm³/mol. The van der Waals surface area contributed by atoms with Crippen LogP contribution in [0.3, 0.4) is 0 Å². The van der Waals surface area contributed by atoms with Gasteiger partial charge in [0.15, 0.2) is 12.4 Å². The number of aryl methyl sites for hydroxylation is 1. The Labute approximate surface area is 238 Å². The van der Waals surface area contributed by atoms with Crippen LogP contribution in [0.4, 0.5) is 23.2 Å². The number of rotatable bonds is 7. The fraction of sp³-hybridized carbons (Fsp3) is 0.111. The summed E-state index contributed by atoms with van der Waals surface area (Å²) in [4.78, 5) is 28.7. The third kappa shape index (κ3) is 5.86. The van der Waals surface area contributed by atoms with Gasteiger partial charge in [-0.3, -0.25) is 9.59 Å². The minimum absolute atomic E-state index is 0.0321. The van der Waals surface area contributed by atoms with Crippen molar-refractivity contribution in [3.05, 3.63) is 93.5 Å². The fourth-order valence-corrected chi connectivity index (χ4v) is 5.16. The van der Waals surface area contributed by atoms with Crippen molar-refractivity contribution in [2.45, 2.75) is 19.8 Å². The summed E-state index contributed by atoms with van der Waals surface area (Å²) in [7, 11) is 0. The van der Waals surface area contributed by atoms with Crippen molar-refractivity contribution in [2.24, 2.45) is 5.73 Å². The van der Waals surface area contributed by atoms with E-state index in [0.29, 0.717) is 22.1 Å². The van der Waals surface area contributed by atoms with Crippen LogP contribution < -0.4 is 15.8 Å². The number of carbonyl (C=O) groups excluding carboxylic acids is 2. The lowest BCUT2D eigenvalue weighted by molar-refractivity contribution is -0.140. The molecule has 0 aliphatic carbocycles. The summed E-state index contributed by atoms with van der Waals surface area (Å²) >= 11 is 6.74. The number of alkyl halides is 3. The number of amides is 2. The maximum absolute atomic E-state index is 13.7. The first-order valence-corrected chi connectivity index (χ1v) is 12.9. The molecule has 0 aliphatic heterocycles. The Hall–Kier alpha value is -4.49. The molecule has 0 unspecified atom stereocenters. The minimum atomic E-state index is -4.82. The van der Waals surface area contributed by atoms with E-state index in [4.69, 9.17) is 22.1 Å². The van der Waals surface area contributed by atoms with E-state index in [0.717, 1.165) is 23.8 Å². The highest BCUT2D eigenvalue weighted by molar-refractivity contribution is 7.21. The van der Waals surface area contributed by atoms with E-state index in [2.05, 4.69) is 15.4 Å². The van der Waals surface area contributed by atoms with Gasteiger partial charge in [-0.05, 0) is 60.0 Å². The average Bonchev–Trinajstić information content (AvgIpc) is 3.54. The monoisotopic (exact) mass is 603 g/mol. The Balaban J connectivity index is 1.51. The Morgan fingerprint density at radius 1 is 1.12 bits per heavy atom. The maximum atomic E-state index is 13.7. The molecule has 3 heterocycles. The standard InChI is InChI=1S/C27H18ClF4N5O3S/c1-13-2-7-17(28)19(10-13)40-12-37-9-8-18(36-37)25(39)35-22-21-16(14-3-5-15(29)6-4-14)11-20(27(30,31)32)34-26(21)41-23(22)24(33)38/h2-11H,12H2,1H3,(H2,33,38)(H,35,39). The Morgan fingerprint density at radius 3 is 2.54 bits per heavy atom. The number of nitrogens with two attached hydrogens (primary N) is 1. The van der Waals surface area contributed by atoms with Crippen LogP contribution in [0.25, 0.3) is 21.3 Å². The third-order valence-corrected chi connectivity index (χ3v) is 7.29. The van der Waals surface area contributed by atoms with Gasteiger partial charge in [0, 0.05) is 11.6 Å². The quantitative estimate of drug-likeness (QED) is 0.202. The van der Waals surface area contributed by atoms with E-state index in [-0.39, 0.29) is 44.3 Å². The van der Waals surface area contributed by atoms with Gasteiger partial charge >= 0.3 is 6.18 Å². The number of pyridine rings is 1.